The Balaban J connectivity index is 1.55. The molecule has 0 saturated carbocycles. The lowest BCUT2D eigenvalue weighted by Crippen LogP contribution is -2.42. The molecule has 1 unspecified atom stereocenters. The largest absolute Gasteiger partial charge is 0.371 e. The molecule has 1 amide bonds. The molecule has 1 aliphatic rings. The highest BCUT2D eigenvalue weighted by Gasteiger charge is 2.23. The number of carbonyl (C=O) groups is 1. The van der Waals surface area contributed by atoms with Crippen molar-refractivity contribution in [3.63, 3.8) is 0 Å². The van der Waals surface area contributed by atoms with E-state index in [1.165, 1.54) is 0 Å². The molecule has 6 heteroatoms. The van der Waals surface area contributed by atoms with Crippen molar-refractivity contribution in [2.75, 3.05) is 31.6 Å². The van der Waals surface area contributed by atoms with Gasteiger partial charge in [-0.3, -0.25) is 9.69 Å². The summed E-state index contributed by atoms with van der Waals surface area (Å²) in [5.74, 6) is 1.03. The Morgan fingerprint density at radius 2 is 2.23 bits per heavy atom. The normalized spacial score (nSPS) is 19.0. The monoisotopic (exact) mass is 301 g/mol. The van der Waals surface area contributed by atoms with Gasteiger partial charge in [0.15, 0.2) is 5.82 Å². The number of hydrogen-bond acceptors (Lipinski definition) is 5. The van der Waals surface area contributed by atoms with Crippen LogP contribution in [-0.2, 0) is 9.53 Å². The molecule has 1 aromatic carbocycles. The standard InChI is InChI=1S/C16H19N3O3/c1-12-9-15(18-22-12)17-16(20)11-19-7-8-21-14(10-19)13-5-3-2-4-6-13/h2-6,9,14H,7-8,10-11H2,1H3,(H,17,18,20). The van der Waals surface area contributed by atoms with Crippen LogP contribution in [0.25, 0.3) is 0 Å². The van der Waals surface area contributed by atoms with Gasteiger partial charge in [-0.15, -0.1) is 0 Å². The molecule has 0 radical (unpaired) electrons. The summed E-state index contributed by atoms with van der Waals surface area (Å²) in [5.41, 5.74) is 1.14. The Bertz CT molecular complexity index is 627. The van der Waals surface area contributed by atoms with Gasteiger partial charge in [-0.05, 0) is 12.5 Å². The molecular formula is C16H19N3O3. The Kier molecular flexibility index (Phi) is 4.50. The van der Waals surface area contributed by atoms with Gasteiger partial charge in [-0.2, -0.15) is 0 Å². The zero-order valence-corrected chi connectivity index (χ0v) is 12.5. The second kappa shape index (κ2) is 6.72. The van der Waals surface area contributed by atoms with Crippen LogP contribution < -0.4 is 5.32 Å². The van der Waals surface area contributed by atoms with Gasteiger partial charge in [-0.25, -0.2) is 0 Å². The van der Waals surface area contributed by atoms with Crippen LogP contribution in [0, 0.1) is 6.92 Å². The molecule has 1 atom stereocenters. The van der Waals surface area contributed by atoms with E-state index < -0.39 is 0 Å². The topological polar surface area (TPSA) is 67.6 Å². The van der Waals surface area contributed by atoms with Crippen molar-refractivity contribution in [2.24, 2.45) is 0 Å². The minimum atomic E-state index is -0.0954. The van der Waals surface area contributed by atoms with Crippen molar-refractivity contribution >= 4 is 11.7 Å². The molecule has 0 spiro atoms. The van der Waals surface area contributed by atoms with Crippen LogP contribution in [0.5, 0.6) is 0 Å². The number of benzene rings is 1. The summed E-state index contributed by atoms with van der Waals surface area (Å²) in [6.45, 7) is 4.17. The second-order valence-electron chi connectivity index (χ2n) is 5.38. The van der Waals surface area contributed by atoms with E-state index in [4.69, 9.17) is 9.26 Å². The average Bonchev–Trinajstić information content (AvgIpc) is 2.93. The number of nitrogens with one attached hydrogen (secondary N) is 1. The third kappa shape index (κ3) is 3.72. The third-order valence-electron chi connectivity index (χ3n) is 3.58. The maximum absolute atomic E-state index is 12.1. The first-order valence-electron chi connectivity index (χ1n) is 7.33. The molecule has 0 aliphatic carbocycles. The lowest BCUT2D eigenvalue weighted by molar-refractivity contribution is -0.119. The first-order chi connectivity index (χ1) is 10.7. The lowest BCUT2D eigenvalue weighted by Gasteiger charge is -2.32. The van der Waals surface area contributed by atoms with E-state index in [-0.39, 0.29) is 12.0 Å². The van der Waals surface area contributed by atoms with E-state index in [2.05, 4.69) is 15.4 Å². The number of hydrogen-bond donors (Lipinski definition) is 1. The van der Waals surface area contributed by atoms with Crippen LogP contribution in [0.1, 0.15) is 17.4 Å². The van der Waals surface area contributed by atoms with E-state index in [0.29, 0.717) is 31.3 Å². The van der Waals surface area contributed by atoms with Crippen LogP contribution in [0.3, 0.4) is 0 Å². The summed E-state index contributed by atoms with van der Waals surface area (Å²) in [6, 6.07) is 11.8. The quantitative estimate of drug-likeness (QED) is 0.935. The Hall–Kier alpha value is -2.18. The molecule has 2 aromatic rings. The first-order valence-corrected chi connectivity index (χ1v) is 7.33. The van der Waals surface area contributed by atoms with Crippen molar-refractivity contribution in [3.8, 4) is 0 Å². The SMILES string of the molecule is Cc1cc(NC(=O)CN2CCOC(c3ccccc3)C2)no1. The third-order valence-corrected chi connectivity index (χ3v) is 3.58. The maximum atomic E-state index is 12.1. The van der Waals surface area contributed by atoms with Gasteiger partial charge in [0.2, 0.25) is 5.91 Å². The van der Waals surface area contributed by atoms with Crippen LogP contribution in [0.2, 0.25) is 0 Å². The lowest BCUT2D eigenvalue weighted by atomic mass is 10.1. The summed E-state index contributed by atoms with van der Waals surface area (Å²) >= 11 is 0. The summed E-state index contributed by atoms with van der Waals surface area (Å²) in [6.07, 6.45) is 0.0112. The van der Waals surface area contributed by atoms with E-state index in [9.17, 15) is 4.79 Å². The fourth-order valence-corrected chi connectivity index (χ4v) is 2.53. The Morgan fingerprint density at radius 3 is 2.95 bits per heavy atom. The number of ether oxygens (including phenoxy) is 1. The molecule has 1 saturated heterocycles. The first kappa shape index (κ1) is 14.7. The second-order valence-corrected chi connectivity index (χ2v) is 5.38. The molecule has 1 aliphatic heterocycles. The van der Waals surface area contributed by atoms with Gasteiger partial charge in [0.25, 0.3) is 0 Å². The Morgan fingerprint density at radius 1 is 1.41 bits per heavy atom. The molecule has 22 heavy (non-hydrogen) atoms. The van der Waals surface area contributed by atoms with Crippen LogP contribution in [0.15, 0.2) is 40.9 Å². The number of anilines is 1. The van der Waals surface area contributed by atoms with E-state index >= 15 is 0 Å². The smallest absolute Gasteiger partial charge is 0.239 e. The minimum absolute atomic E-state index is 0.0112. The number of amides is 1. The highest BCUT2D eigenvalue weighted by molar-refractivity contribution is 5.91. The molecule has 6 nitrogen and oxygen atoms in total. The average molecular weight is 301 g/mol. The van der Waals surface area contributed by atoms with Crippen molar-refractivity contribution < 1.29 is 14.1 Å². The summed E-state index contributed by atoms with van der Waals surface area (Å²) in [5, 5.41) is 6.50. The van der Waals surface area contributed by atoms with Gasteiger partial charge in [-0.1, -0.05) is 35.5 Å². The van der Waals surface area contributed by atoms with E-state index in [1.807, 2.05) is 30.3 Å². The molecule has 0 bridgehead atoms. The van der Waals surface area contributed by atoms with Crippen molar-refractivity contribution in [1.82, 2.24) is 10.1 Å². The van der Waals surface area contributed by atoms with Gasteiger partial charge in [0.05, 0.1) is 19.3 Å². The van der Waals surface area contributed by atoms with Crippen molar-refractivity contribution in [3.05, 3.63) is 47.7 Å². The zero-order valence-electron chi connectivity index (χ0n) is 12.5. The molecule has 1 fully saturated rings. The number of morpholine rings is 1. The maximum Gasteiger partial charge on any atom is 0.239 e. The molecule has 3 rings (SSSR count). The van der Waals surface area contributed by atoms with Crippen LogP contribution in [-0.4, -0.2) is 42.2 Å². The van der Waals surface area contributed by atoms with E-state index in [1.54, 1.807) is 13.0 Å². The van der Waals surface area contributed by atoms with Gasteiger partial charge < -0.3 is 14.6 Å². The minimum Gasteiger partial charge on any atom is -0.371 e. The molecule has 116 valence electrons. The molecule has 1 N–H and O–H groups in total. The zero-order chi connectivity index (χ0) is 15.4. The number of nitrogens with zero attached hydrogens (tertiary/aromatic N) is 2. The van der Waals surface area contributed by atoms with E-state index in [0.717, 1.165) is 12.1 Å². The highest BCUT2D eigenvalue weighted by atomic mass is 16.5. The predicted molar refractivity (Wildman–Crippen MR) is 81.4 cm³/mol. The predicted octanol–water partition coefficient (Wildman–Crippen LogP) is 2.00. The fourth-order valence-electron chi connectivity index (χ4n) is 2.53. The molecule has 1 aromatic heterocycles. The van der Waals surface area contributed by atoms with Gasteiger partial charge in [0, 0.05) is 19.2 Å². The van der Waals surface area contributed by atoms with Crippen molar-refractivity contribution in [1.29, 1.82) is 0 Å². The van der Waals surface area contributed by atoms with Gasteiger partial charge >= 0.3 is 0 Å². The summed E-state index contributed by atoms with van der Waals surface area (Å²) in [7, 11) is 0. The summed E-state index contributed by atoms with van der Waals surface area (Å²) in [4.78, 5) is 14.1. The van der Waals surface area contributed by atoms with Crippen LogP contribution in [0.4, 0.5) is 5.82 Å². The van der Waals surface area contributed by atoms with Crippen LogP contribution >= 0.6 is 0 Å². The number of aromatic nitrogens is 1. The molecule has 2 heterocycles. The summed E-state index contributed by atoms with van der Waals surface area (Å²) < 4.78 is 10.7. The fraction of sp³-hybridized carbons (Fsp3) is 0.375. The highest BCUT2D eigenvalue weighted by Crippen LogP contribution is 2.21. The number of carbonyl (C=O) groups excluding carboxylic acids is 1. The molecular weight excluding hydrogens is 282 g/mol. The number of rotatable bonds is 4. The number of aryl methyl sites for hydroxylation is 1. The van der Waals surface area contributed by atoms with Gasteiger partial charge in [0.1, 0.15) is 5.76 Å². The Labute approximate surface area is 129 Å². The van der Waals surface area contributed by atoms with Crippen molar-refractivity contribution in [2.45, 2.75) is 13.0 Å².